The van der Waals surface area contributed by atoms with Crippen molar-refractivity contribution in [3.05, 3.63) is 70.1 Å². The molecule has 1 saturated heterocycles. The van der Waals surface area contributed by atoms with Gasteiger partial charge in [-0.05, 0) is 42.3 Å². The van der Waals surface area contributed by atoms with Crippen LogP contribution in [0.4, 0.5) is 13.2 Å². The molecule has 166 valence electrons. The maximum absolute atomic E-state index is 13.3. The molecule has 1 fully saturated rings. The molecule has 32 heavy (non-hydrogen) atoms. The van der Waals surface area contributed by atoms with Gasteiger partial charge in [0.1, 0.15) is 0 Å². The lowest BCUT2D eigenvalue weighted by Gasteiger charge is -2.38. The number of carbonyl (C=O) groups is 1. The van der Waals surface area contributed by atoms with Crippen molar-refractivity contribution in [2.75, 3.05) is 13.1 Å². The van der Waals surface area contributed by atoms with Crippen LogP contribution in [0.15, 0.2) is 47.0 Å². The van der Waals surface area contributed by atoms with E-state index in [-0.39, 0.29) is 23.7 Å². The number of alkyl halides is 3. The molecule has 1 N–H and O–H groups in total. The van der Waals surface area contributed by atoms with Crippen LogP contribution in [-0.2, 0) is 12.7 Å². The number of aromatic nitrogens is 2. The van der Waals surface area contributed by atoms with Gasteiger partial charge in [0.15, 0.2) is 0 Å². The van der Waals surface area contributed by atoms with Crippen molar-refractivity contribution in [2.45, 2.75) is 31.1 Å². The van der Waals surface area contributed by atoms with E-state index in [1.54, 1.807) is 12.1 Å². The van der Waals surface area contributed by atoms with E-state index >= 15 is 0 Å². The number of piperidine rings is 1. The summed E-state index contributed by atoms with van der Waals surface area (Å²) in [6.07, 6.45) is -3.94. The Morgan fingerprint density at radius 1 is 1.19 bits per heavy atom. The number of nitrogens with one attached hydrogen (secondary N) is 1. The molecule has 1 amide bonds. The molecule has 1 unspecified atom stereocenters. The van der Waals surface area contributed by atoms with Crippen LogP contribution in [-0.4, -0.2) is 40.1 Å². The van der Waals surface area contributed by atoms with Crippen LogP contribution in [0.3, 0.4) is 0 Å². The minimum absolute atomic E-state index is 0.0277. The molecule has 0 bridgehead atoms. The molecule has 2 aliphatic rings. The molecule has 2 atom stereocenters. The Labute approximate surface area is 186 Å². The first-order valence-electron chi connectivity index (χ1n) is 10.1. The van der Waals surface area contributed by atoms with Crippen LogP contribution in [0, 0.1) is 0 Å². The highest BCUT2D eigenvalue weighted by Crippen LogP contribution is 2.36. The molecule has 10 heteroatoms. The third-order valence-electron chi connectivity index (χ3n) is 5.99. The monoisotopic (exact) mass is 462 g/mol. The minimum Gasteiger partial charge on any atom is -0.331 e. The summed E-state index contributed by atoms with van der Waals surface area (Å²) in [5, 5.41) is 7.45. The van der Waals surface area contributed by atoms with Crippen molar-refractivity contribution in [2.24, 2.45) is 0 Å². The number of nitrogens with zero attached hydrogens (tertiary/aromatic N) is 3. The fourth-order valence-electron chi connectivity index (χ4n) is 4.48. The number of halogens is 4. The molecule has 5 rings (SSSR count). The minimum atomic E-state index is -4.72. The topological polar surface area (TPSA) is 71.3 Å². The van der Waals surface area contributed by atoms with E-state index in [0.29, 0.717) is 22.7 Å². The predicted octanol–water partition coefficient (Wildman–Crippen LogP) is 4.51. The van der Waals surface area contributed by atoms with Gasteiger partial charge in [-0.2, -0.15) is 18.2 Å². The zero-order valence-electron chi connectivity index (χ0n) is 16.7. The maximum atomic E-state index is 13.3. The van der Waals surface area contributed by atoms with Crippen LogP contribution in [0.1, 0.15) is 39.7 Å². The summed E-state index contributed by atoms with van der Waals surface area (Å²) in [5.41, 5.74) is 2.63. The molecule has 2 aromatic carbocycles. The van der Waals surface area contributed by atoms with Gasteiger partial charge in [-0.1, -0.05) is 41.0 Å². The summed E-state index contributed by atoms with van der Waals surface area (Å²) in [6, 6.07) is 12.5. The number of hydrogen-bond acceptors (Lipinski definition) is 5. The van der Waals surface area contributed by atoms with Gasteiger partial charge in [-0.3, -0.25) is 4.79 Å². The lowest BCUT2D eigenvalue weighted by Crippen LogP contribution is -2.48. The van der Waals surface area contributed by atoms with Gasteiger partial charge >= 0.3 is 12.1 Å². The Morgan fingerprint density at radius 2 is 2.03 bits per heavy atom. The van der Waals surface area contributed by atoms with E-state index < -0.39 is 12.1 Å². The Kier molecular flexibility index (Phi) is 5.17. The van der Waals surface area contributed by atoms with E-state index in [0.717, 1.165) is 30.6 Å². The first-order chi connectivity index (χ1) is 15.3. The standard InChI is InChI=1S/C22H18ClF3N4O2/c23-15-3-1-2-12(8-15)17-10-27-7-6-18(17)30-11-14-5-4-13(9-16(14)20(30)31)19-28-21(32-29-19)22(24,25)26/h1-5,8-9,17-18,27H,6-7,10-11H2/t17-,18?/m0/s1. The first kappa shape index (κ1) is 21.0. The third kappa shape index (κ3) is 3.75. The highest BCUT2D eigenvalue weighted by atomic mass is 35.5. The number of hydrogen-bond donors (Lipinski definition) is 1. The van der Waals surface area contributed by atoms with Crippen LogP contribution >= 0.6 is 11.6 Å². The number of amides is 1. The zero-order valence-corrected chi connectivity index (χ0v) is 17.5. The molecule has 0 radical (unpaired) electrons. The lowest BCUT2D eigenvalue weighted by atomic mass is 9.86. The summed E-state index contributed by atoms with van der Waals surface area (Å²) in [4.78, 5) is 18.6. The molecule has 2 aliphatic heterocycles. The Morgan fingerprint density at radius 3 is 2.78 bits per heavy atom. The average Bonchev–Trinajstić information content (AvgIpc) is 3.39. The smallest absolute Gasteiger partial charge is 0.331 e. The van der Waals surface area contributed by atoms with Crippen LogP contribution in [0.5, 0.6) is 0 Å². The fourth-order valence-corrected chi connectivity index (χ4v) is 4.68. The highest BCUT2D eigenvalue weighted by molar-refractivity contribution is 6.30. The predicted molar refractivity (Wildman–Crippen MR) is 110 cm³/mol. The second kappa shape index (κ2) is 7.90. The van der Waals surface area contributed by atoms with E-state index in [1.165, 1.54) is 6.07 Å². The lowest BCUT2D eigenvalue weighted by molar-refractivity contribution is -0.159. The second-order valence-electron chi connectivity index (χ2n) is 7.95. The molecule has 1 aromatic heterocycles. The zero-order chi connectivity index (χ0) is 22.5. The number of carbonyl (C=O) groups excluding carboxylic acids is 1. The van der Waals surface area contributed by atoms with Crippen molar-refractivity contribution >= 4 is 17.5 Å². The van der Waals surface area contributed by atoms with E-state index in [2.05, 4.69) is 20.0 Å². The van der Waals surface area contributed by atoms with Gasteiger partial charge in [-0.15, -0.1) is 0 Å². The van der Waals surface area contributed by atoms with Gasteiger partial charge < -0.3 is 14.7 Å². The molecule has 0 spiro atoms. The summed E-state index contributed by atoms with van der Waals surface area (Å²) < 4.78 is 42.7. The summed E-state index contributed by atoms with van der Waals surface area (Å²) >= 11 is 6.19. The Hall–Kier alpha value is -2.91. The van der Waals surface area contributed by atoms with Crippen molar-refractivity contribution in [3.63, 3.8) is 0 Å². The normalized spacial score (nSPS) is 21.1. The maximum Gasteiger partial charge on any atom is 0.471 e. The largest absolute Gasteiger partial charge is 0.471 e. The molecule has 3 aromatic rings. The number of fused-ring (bicyclic) bond motifs is 1. The van der Waals surface area contributed by atoms with Crippen molar-refractivity contribution < 1.29 is 22.5 Å². The highest BCUT2D eigenvalue weighted by Gasteiger charge is 2.40. The quantitative estimate of drug-likeness (QED) is 0.620. The Bertz CT molecular complexity index is 1180. The van der Waals surface area contributed by atoms with Gasteiger partial charge in [0, 0.05) is 41.2 Å². The van der Waals surface area contributed by atoms with E-state index in [9.17, 15) is 18.0 Å². The molecular weight excluding hydrogens is 445 g/mol. The number of rotatable bonds is 3. The van der Waals surface area contributed by atoms with Crippen molar-refractivity contribution in [1.82, 2.24) is 20.4 Å². The first-order valence-corrected chi connectivity index (χ1v) is 10.5. The molecular formula is C22H18ClF3N4O2. The summed E-state index contributed by atoms with van der Waals surface area (Å²) in [6.45, 7) is 1.95. The molecule has 0 aliphatic carbocycles. The van der Waals surface area contributed by atoms with Crippen LogP contribution < -0.4 is 5.32 Å². The van der Waals surface area contributed by atoms with Gasteiger partial charge in [0.05, 0.1) is 0 Å². The third-order valence-corrected chi connectivity index (χ3v) is 6.23. The van der Waals surface area contributed by atoms with Gasteiger partial charge in [0.2, 0.25) is 5.82 Å². The molecule has 3 heterocycles. The van der Waals surface area contributed by atoms with Gasteiger partial charge in [0.25, 0.3) is 5.91 Å². The number of benzene rings is 2. The van der Waals surface area contributed by atoms with Crippen LogP contribution in [0.25, 0.3) is 11.4 Å². The average molecular weight is 463 g/mol. The second-order valence-corrected chi connectivity index (χ2v) is 8.38. The SMILES string of the molecule is O=C1c2cc(-c3noc(C(F)(F)F)n3)ccc2CN1C1CCNC[C@H]1c1cccc(Cl)c1. The van der Waals surface area contributed by atoms with Crippen molar-refractivity contribution in [3.8, 4) is 11.4 Å². The van der Waals surface area contributed by atoms with Gasteiger partial charge in [-0.25, -0.2) is 0 Å². The van der Waals surface area contributed by atoms with Crippen molar-refractivity contribution in [1.29, 1.82) is 0 Å². The molecule has 6 nitrogen and oxygen atoms in total. The fraction of sp³-hybridized carbons (Fsp3) is 0.318. The van der Waals surface area contributed by atoms with Crippen LogP contribution in [0.2, 0.25) is 5.02 Å². The molecule has 0 saturated carbocycles. The van der Waals surface area contributed by atoms with E-state index in [1.807, 2.05) is 29.2 Å². The Balaban J connectivity index is 1.43. The summed E-state index contributed by atoms with van der Waals surface area (Å²) in [5.74, 6) is -1.70. The van der Waals surface area contributed by atoms with E-state index in [4.69, 9.17) is 11.6 Å². The summed E-state index contributed by atoms with van der Waals surface area (Å²) in [7, 11) is 0.